The second-order valence-corrected chi connectivity index (χ2v) is 6.11. The molecule has 8 N–H and O–H groups in total. The smallest absolute Gasteiger partial charge is 0.252 e. The predicted molar refractivity (Wildman–Crippen MR) is 85.6 cm³/mol. The first-order chi connectivity index (χ1) is 12.2. The van der Waals surface area contributed by atoms with Gasteiger partial charge in [0, 0.05) is 6.54 Å². The summed E-state index contributed by atoms with van der Waals surface area (Å²) in [4.78, 5) is 12.2. The summed E-state index contributed by atoms with van der Waals surface area (Å²) in [6.07, 6.45) is -14.7. The zero-order valence-corrected chi connectivity index (χ0v) is 14.7. The van der Waals surface area contributed by atoms with Crippen LogP contribution in [0.2, 0.25) is 0 Å². The van der Waals surface area contributed by atoms with Crippen LogP contribution < -0.4 is 5.32 Å². The SMILES string of the molecule is CCNC(=O)[C@@H](O[C@H]1O[C@H](CO)[C@@H](O)[C@H](O)[C@@H]1O)[C@@H](O)[C@H](O)[C@H](O)CC. The molecule has 1 saturated heterocycles. The normalized spacial score (nSPS) is 34.0. The van der Waals surface area contributed by atoms with Crippen molar-refractivity contribution < 1.29 is 50.0 Å². The number of carbonyl (C=O) groups is 1. The third-order valence-corrected chi connectivity index (χ3v) is 4.21. The Kier molecular flexibility index (Phi) is 9.30. The maximum atomic E-state index is 12.2. The summed E-state index contributed by atoms with van der Waals surface area (Å²) in [6, 6.07) is 0. The minimum atomic E-state index is -1.87. The maximum Gasteiger partial charge on any atom is 0.252 e. The van der Waals surface area contributed by atoms with E-state index >= 15 is 0 Å². The van der Waals surface area contributed by atoms with Gasteiger partial charge in [-0.15, -0.1) is 0 Å². The molecule has 0 aromatic carbocycles. The van der Waals surface area contributed by atoms with E-state index in [9.17, 15) is 40.5 Å². The van der Waals surface area contributed by atoms with Crippen LogP contribution in [0.25, 0.3) is 0 Å². The van der Waals surface area contributed by atoms with E-state index in [2.05, 4.69) is 5.32 Å². The van der Waals surface area contributed by atoms with Gasteiger partial charge in [0.1, 0.15) is 36.6 Å². The fourth-order valence-corrected chi connectivity index (χ4v) is 2.54. The third-order valence-electron chi connectivity index (χ3n) is 4.21. The van der Waals surface area contributed by atoms with Crippen LogP contribution in [0.5, 0.6) is 0 Å². The molecule has 11 heteroatoms. The number of nitrogens with one attached hydrogen (secondary N) is 1. The van der Waals surface area contributed by atoms with E-state index in [0.717, 1.165) is 0 Å². The summed E-state index contributed by atoms with van der Waals surface area (Å²) in [6.45, 7) is 2.63. The summed E-state index contributed by atoms with van der Waals surface area (Å²) in [5, 5.41) is 71.0. The van der Waals surface area contributed by atoms with Crippen LogP contribution in [0.15, 0.2) is 0 Å². The molecule has 0 radical (unpaired) electrons. The standard InChI is InChI=1S/C15H29NO10/c1-3-6(18)8(19)11(22)13(14(24)16-4-2)26-15-12(23)10(21)9(20)7(5-17)25-15/h6-13,15,17-23H,3-5H2,1-2H3,(H,16,24)/t6-,7-,8-,9-,10+,11+,12+,13+,15-/m1/s1. The molecule has 1 amide bonds. The monoisotopic (exact) mass is 383 g/mol. The highest BCUT2D eigenvalue weighted by molar-refractivity contribution is 5.81. The number of rotatable bonds is 9. The van der Waals surface area contributed by atoms with Crippen molar-refractivity contribution >= 4 is 5.91 Å². The van der Waals surface area contributed by atoms with Crippen molar-refractivity contribution in [3.63, 3.8) is 0 Å². The van der Waals surface area contributed by atoms with Gasteiger partial charge in [0.25, 0.3) is 5.91 Å². The summed E-state index contributed by atoms with van der Waals surface area (Å²) < 4.78 is 10.4. The number of likely N-dealkylation sites (N-methyl/N-ethyl adjacent to an activating group) is 1. The number of carbonyl (C=O) groups excluding carboxylic acids is 1. The van der Waals surface area contributed by atoms with Crippen molar-refractivity contribution in [3.8, 4) is 0 Å². The lowest BCUT2D eigenvalue weighted by atomic mass is 9.98. The number of hydrogen-bond acceptors (Lipinski definition) is 10. The Bertz CT molecular complexity index is 437. The molecule has 0 aromatic heterocycles. The fraction of sp³-hybridized carbons (Fsp3) is 0.933. The summed E-state index contributed by atoms with van der Waals surface area (Å²) in [5.41, 5.74) is 0. The van der Waals surface area contributed by atoms with Crippen molar-refractivity contribution in [3.05, 3.63) is 0 Å². The molecule has 0 aromatic rings. The fourth-order valence-electron chi connectivity index (χ4n) is 2.54. The van der Waals surface area contributed by atoms with E-state index in [1.165, 1.54) is 0 Å². The van der Waals surface area contributed by atoms with Gasteiger partial charge in [-0.05, 0) is 13.3 Å². The molecule has 11 nitrogen and oxygen atoms in total. The molecule has 1 aliphatic rings. The molecule has 0 bridgehead atoms. The van der Waals surface area contributed by atoms with Crippen LogP contribution in [0.3, 0.4) is 0 Å². The van der Waals surface area contributed by atoms with Crippen molar-refractivity contribution in [1.82, 2.24) is 5.32 Å². The highest BCUT2D eigenvalue weighted by Crippen LogP contribution is 2.24. The lowest BCUT2D eigenvalue weighted by Crippen LogP contribution is -2.62. The van der Waals surface area contributed by atoms with Crippen LogP contribution in [-0.4, -0.2) is 110 Å². The van der Waals surface area contributed by atoms with E-state index in [1.807, 2.05) is 0 Å². The summed E-state index contributed by atoms with van der Waals surface area (Å²) in [7, 11) is 0. The van der Waals surface area contributed by atoms with Gasteiger partial charge in [-0.25, -0.2) is 0 Å². The van der Waals surface area contributed by atoms with Crippen molar-refractivity contribution in [2.24, 2.45) is 0 Å². The van der Waals surface area contributed by atoms with Crippen LogP contribution in [-0.2, 0) is 14.3 Å². The average molecular weight is 383 g/mol. The highest BCUT2D eigenvalue weighted by atomic mass is 16.7. The van der Waals surface area contributed by atoms with Crippen molar-refractivity contribution in [2.75, 3.05) is 13.2 Å². The number of ether oxygens (including phenoxy) is 2. The number of amides is 1. The van der Waals surface area contributed by atoms with Gasteiger partial charge in [0.15, 0.2) is 12.4 Å². The molecule has 26 heavy (non-hydrogen) atoms. The van der Waals surface area contributed by atoms with Crippen LogP contribution in [0.4, 0.5) is 0 Å². The van der Waals surface area contributed by atoms with Gasteiger partial charge < -0.3 is 50.5 Å². The molecule has 1 aliphatic heterocycles. The van der Waals surface area contributed by atoms with E-state index in [1.54, 1.807) is 13.8 Å². The molecule has 0 saturated carbocycles. The van der Waals surface area contributed by atoms with E-state index in [4.69, 9.17) is 9.47 Å². The zero-order valence-electron chi connectivity index (χ0n) is 14.7. The molecule has 0 aliphatic carbocycles. The summed E-state index contributed by atoms with van der Waals surface area (Å²) >= 11 is 0. The first kappa shape index (κ1) is 23.1. The first-order valence-electron chi connectivity index (χ1n) is 8.47. The number of aliphatic hydroxyl groups excluding tert-OH is 7. The largest absolute Gasteiger partial charge is 0.394 e. The van der Waals surface area contributed by atoms with E-state index in [0.29, 0.717) is 0 Å². The molecule has 0 unspecified atom stereocenters. The van der Waals surface area contributed by atoms with Crippen LogP contribution in [0, 0.1) is 0 Å². The van der Waals surface area contributed by atoms with E-state index in [-0.39, 0.29) is 13.0 Å². The Morgan fingerprint density at radius 3 is 2.19 bits per heavy atom. The maximum absolute atomic E-state index is 12.2. The summed E-state index contributed by atoms with van der Waals surface area (Å²) in [5.74, 6) is -0.848. The molecular weight excluding hydrogens is 354 g/mol. The topological polar surface area (TPSA) is 189 Å². The minimum absolute atomic E-state index is 0.0976. The molecule has 9 atom stereocenters. The van der Waals surface area contributed by atoms with Crippen LogP contribution >= 0.6 is 0 Å². The highest BCUT2D eigenvalue weighted by Gasteiger charge is 2.47. The first-order valence-corrected chi connectivity index (χ1v) is 8.47. The molecule has 1 rings (SSSR count). The second-order valence-electron chi connectivity index (χ2n) is 6.11. The molecule has 1 heterocycles. The second kappa shape index (κ2) is 10.4. The Labute approximate surface area is 150 Å². The van der Waals surface area contributed by atoms with Crippen LogP contribution in [0.1, 0.15) is 20.3 Å². The quantitative estimate of drug-likeness (QED) is 0.194. The number of aliphatic hydroxyl groups is 7. The number of hydrogen-bond donors (Lipinski definition) is 8. The van der Waals surface area contributed by atoms with Crippen molar-refractivity contribution in [2.45, 2.75) is 75.4 Å². The van der Waals surface area contributed by atoms with Gasteiger partial charge >= 0.3 is 0 Å². The molecular formula is C15H29NO10. The Hall–Kier alpha value is -0.890. The van der Waals surface area contributed by atoms with Gasteiger partial charge in [0.2, 0.25) is 0 Å². The van der Waals surface area contributed by atoms with Crippen molar-refractivity contribution in [1.29, 1.82) is 0 Å². The van der Waals surface area contributed by atoms with E-state index < -0.39 is 67.6 Å². The Morgan fingerprint density at radius 1 is 1.08 bits per heavy atom. The lowest BCUT2D eigenvalue weighted by Gasteiger charge is -2.41. The Morgan fingerprint density at radius 2 is 1.69 bits per heavy atom. The average Bonchev–Trinajstić information content (AvgIpc) is 2.63. The van der Waals surface area contributed by atoms with Gasteiger partial charge in [0.05, 0.1) is 12.7 Å². The molecule has 154 valence electrons. The third kappa shape index (κ3) is 5.31. The minimum Gasteiger partial charge on any atom is -0.394 e. The molecule has 0 spiro atoms. The van der Waals surface area contributed by atoms with Gasteiger partial charge in [-0.3, -0.25) is 4.79 Å². The Balaban J connectivity index is 2.99. The lowest BCUT2D eigenvalue weighted by molar-refractivity contribution is -0.316. The predicted octanol–water partition coefficient (Wildman–Crippen LogP) is -4.20. The molecule has 1 fully saturated rings. The zero-order chi connectivity index (χ0) is 20.0. The van der Waals surface area contributed by atoms with Gasteiger partial charge in [-0.2, -0.15) is 0 Å². The van der Waals surface area contributed by atoms with Gasteiger partial charge in [-0.1, -0.05) is 6.92 Å².